The van der Waals surface area contributed by atoms with E-state index in [0.717, 1.165) is 17.8 Å². The Hall–Kier alpha value is -3.52. The monoisotopic (exact) mass is 475 g/mol. The summed E-state index contributed by atoms with van der Waals surface area (Å²) in [5.74, 6) is 0.237. The summed E-state index contributed by atoms with van der Waals surface area (Å²) < 4.78 is 19.9. The molecule has 0 unspecified atom stereocenters. The van der Waals surface area contributed by atoms with Crippen LogP contribution in [0.3, 0.4) is 0 Å². The summed E-state index contributed by atoms with van der Waals surface area (Å²) in [6, 6.07) is 13.5. The van der Waals surface area contributed by atoms with Gasteiger partial charge in [0.2, 0.25) is 5.91 Å². The second-order valence-corrected chi connectivity index (χ2v) is 10.3. The van der Waals surface area contributed by atoms with Crippen LogP contribution in [0.15, 0.2) is 52.9 Å². The Kier molecular flexibility index (Phi) is 4.81. The molecule has 2 aromatic carbocycles. The van der Waals surface area contributed by atoms with Crippen molar-refractivity contribution in [2.24, 2.45) is 11.7 Å². The van der Waals surface area contributed by atoms with E-state index >= 15 is 0 Å². The number of piperidine rings is 1. The fourth-order valence-electron chi connectivity index (χ4n) is 5.24. The maximum absolute atomic E-state index is 13.9. The zero-order valence-electron chi connectivity index (χ0n) is 18.5. The van der Waals surface area contributed by atoms with Crippen molar-refractivity contribution in [1.82, 2.24) is 9.88 Å². The number of likely N-dealkylation sites (tertiary alicyclic amines) is 1. The molecule has 34 heavy (non-hydrogen) atoms. The SMILES string of the molecule is Cc1nc(C(=O)N2[C@H](Cc3cc4c(C(N)=O)cccc4o3)C[C@@H]3C[C@@H]32)c(-c2cccc(F)c2)s1. The summed E-state index contributed by atoms with van der Waals surface area (Å²) in [7, 11) is 0. The van der Waals surface area contributed by atoms with E-state index in [0.29, 0.717) is 50.8 Å². The van der Waals surface area contributed by atoms with Crippen molar-refractivity contribution < 1.29 is 18.4 Å². The molecule has 4 aromatic rings. The van der Waals surface area contributed by atoms with E-state index in [9.17, 15) is 14.0 Å². The minimum absolute atomic E-state index is 0.0313. The lowest BCUT2D eigenvalue weighted by Gasteiger charge is -2.27. The number of aromatic nitrogens is 1. The van der Waals surface area contributed by atoms with Crippen LogP contribution < -0.4 is 5.73 Å². The zero-order chi connectivity index (χ0) is 23.6. The molecule has 8 heteroatoms. The van der Waals surface area contributed by atoms with Gasteiger partial charge in [-0.3, -0.25) is 9.59 Å². The minimum atomic E-state index is -0.499. The first-order valence-electron chi connectivity index (χ1n) is 11.3. The lowest BCUT2D eigenvalue weighted by atomic mass is 10.0. The first-order valence-corrected chi connectivity index (χ1v) is 12.1. The van der Waals surface area contributed by atoms with Crippen LogP contribution in [-0.2, 0) is 6.42 Å². The molecule has 2 aliphatic rings. The molecule has 1 saturated carbocycles. The highest BCUT2D eigenvalue weighted by Crippen LogP contribution is 2.50. The highest BCUT2D eigenvalue weighted by atomic mass is 32.1. The molecule has 0 radical (unpaired) electrons. The fourth-order valence-corrected chi connectivity index (χ4v) is 6.15. The number of fused-ring (bicyclic) bond motifs is 2. The van der Waals surface area contributed by atoms with Gasteiger partial charge < -0.3 is 15.1 Å². The van der Waals surface area contributed by atoms with Crippen LogP contribution >= 0.6 is 11.3 Å². The fraction of sp³-hybridized carbons (Fsp3) is 0.269. The molecule has 0 bridgehead atoms. The van der Waals surface area contributed by atoms with Gasteiger partial charge in [-0.2, -0.15) is 0 Å². The van der Waals surface area contributed by atoms with Gasteiger partial charge in [-0.05, 0) is 61.6 Å². The van der Waals surface area contributed by atoms with Crippen molar-refractivity contribution >= 4 is 34.1 Å². The maximum Gasteiger partial charge on any atom is 0.274 e. The summed E-state index contributed by atoms with van der Waals surface area (Å²) in [5, 5.41) is 1.46. The predicted octanol–water partition coefficient (Wildman–Crippen LogP) is 4.95. The van der Waals surface area contributed by atoms with Crippen LogP contribution in [0.5, 0.6) is 0 Å². The first-order chi connectivity index (χ1) is 16.4. The maximum atomic E-state index is 13.9. The highest BCUT2D eigenvalue weighted by molar-refractivity contribution is 7.15. The van der Waals surface area contributed by atoms with Crippen molar-refractivity contribution in [2.75, 3.05) is 0 Å². The smallest absolute Gasteiger partial charge is 0.274 e. The van der Waals surface area contributed by atoms with Crippen molar-refractivity contribution in [2.45, 2.75) is 38.3 Å². The van der Waals surface area contributed by atoms with Crippen molar-refractivity contribution in [3.05, 3.63) is 76.4 Å². The van der Waals surface area contributed by atoms with Crippen LogP contribution in [0.1, 0.15) is 44.5 Å². The molecule has 3 atom stereocenters. The van der Waals surface area contributed by atoms with Gasteiger partial charge in [-0.25, -0.2) is 9.37 Å². The quantitative estimate of drug-likeness (QED) is 0.442. The minimum Gasteiger partial charge on any atom is -0.461 e. The van der Waals surface area contributed by atoms with Gasteiger partial charge in [0.1, 0.15) is 22.9 Å². The lowest BCUT2D eigenvalue weighted by molar-refractivity contribution is 0.0691. The summed E-state index contributed by atoms with van der Waals surface area (Å²) in [5.41, 5.74) is 7.59. The van der Waals surface area contributed by atoms with Gasteiger partial charge in [-0.15, -0.1) is 11.3 Å². The van der Waals surface area contributed by atoms with Gasteiger partial charge in [0.25, 0.3) is 5.91 Å². The number of hydrogen-bond donors (Lipinski definition) is 1. The molecule has 0 spiro atoms. The molecule has 172 valence electrons. The number of carbonyl (C=O) groups is 2. The molecule has 6 nitrogen and oxygen atoms in total. The van der Waals surface area contributed by atoms with Crippen LogP contribution in [0.4, 0.5) is 4.39 Å². The lowest BCUT2D eigenvalue weighted by Crippen LogP contribution is -2.40. The summed E-state index contributed by atoms with van der Waals surface area (Å²) in [6.45, 7) is 1.86. The molecule has 2 amide bonds. The van der Waals surface area contributed by atoms with E-state index in [2.05, 4.69) is 4.98 Å². The second kappa shape index (κ2) is 7.77. The van der Waals surface area contributed by atoms with E-state index in [1.807, 2.05) is 24.0 Å². The molecule has 2 fully saturated rings. The Morgan fingerprint density at radius 2 is 2.03 bits per heavy atom. The zero-order valence-corrected chi connectivity index (χ0v) is 19.3. The predicted molar refractivity (Wildman–Crippen MR) is 127 cm³/mol. The number of hydrogen-bond acceptors (Lipinski definition) is 5. The molecular weight excluding hydrogens is 453 g/mol. The van der Waals surface area contributed by atoms with E-state index in [1.165, 1.54) is 23.5 Å². The number of halogens is 1. The van der Waals surface area contributed by atoms with Gasteiger partial charge in [-0.1, -0.05) is 18.2 Å². The summed E-state index contributed by atoms with van der Waals surface area (Å²) >= 11 is 1.40. The number of rotatable bonds is 5. The van der Waals surface area contributed by atoms with Crippen LogP contribution in [0, 0.1) is 18.7 Å². The standard InChI is InChI=1S/C26H22FN3O3S/c1-13-29-23(24(34-13)14-4-2-5-16(27)8-14)26(32)30-17(9-15-10-21(15)30)11-18-12-20-19(25(28)31)6-3-7-22(20)33-18/h2-8,12,15,17,21H,9-11H2,1H3,(H2,28,31)/t15-,17+,21+/m1/s1. The number of furan rings is 1. The Morgan fingerprint density at radius 1 is 1.21 bits per heavy atom. The Labute approximate surface area is 199 Å². The van der Waals surface area contributed by atoms with Crippen molar-refractivity contribution in [3.63, 3.8) is 0 Å². The van der Waals surface area contributed by atoms with Crippen LogP contribution in [0.2, 0.25) is 0 Å². The van der Waals surface area contributed by atoms with Crippen molar-refractivity contribution in [1.29, 1.82) is 0 Å². The third kappa shape index (κ3) is 3.49. The van der Waals surface area contributed by atoms with E-state index in [4.69, 9.17) is 10.2 Å². The Balaban J connectivity index is 1.32. The number of nitrogens with zero attached hydrogens (tertiary/aromatic N) is 2. The van der Waals surface area contributed by atoms with E-state index in [-0.39, 0.29) is 23.8 Å². The number of nitrogens with two attached hydrogens (primary N) is 1. The summed E-state index contributed by atoms with van der Waals surface area (Å²) in [6.07, 6.45) is 2.44. The number of thiazole rings is 1. The normalized spacial score (nSPS) is 21.1. The largest absolute Gasteiger partial charge is 0.461 e. The first kappa shape index (κ1) is 21.0. The van der Waals surface area contributed by atoms with Crippen LogP contribution in [-0.4, -0.2) is 33.8 Å². The number of aryl methyl sites for hydroxylation is 1. The second-order valence-electron chi connectivity index (χ2n) is 9.08. The third-order valence-electron chi connectivity index (χ3n) is 6.78. The molecule has 1 saturated heterocycles. The van der Waals surface area contributed by atoms with Gasteiger partial charge in [0.05, 0.1) is 15.4 Å². The number of carbonyl (C=O) groups excluding carboxylic acids is 2. The van der Waals surface area contributed by atoms with E-state index in [1.54, 1.807) is 24.3 Å². The average molecular weight is 476 g/mol. The van der Waals surface area contributed by atoms with Gasteiger partial charge in [0, 0.05) is 23.9 Å². The average Bonchev–Trinajstić information content (AvgIpc) is 3.12. The number of benzene rings is 2. The number of amides is 2. The van der Waals surface area contributed by atoms with E-state index < -0.39 is 5.91 Å². The molecule has 3 heterocycles. The van der Waals surface area contributed by atoms with Crippen molar-refractivity contribution in [3.8, 4) is 10.4 Å². The highest BCUT2D eigenvalue weighted by Gasteiger charge is 2.54. The van der Waals surface area contributed by atoms with Gasteiger partial charge >= 0.3 is 0 Å². The molecule has 2 N–H and O–H groups in total. The molecule has 6 rings (SSSR count). The Morgan fingerprint density at radius 3 is 2.82 bits per heavy atom. The van der Waals surface area contributed by atoms with Gasteiger partial charge in [0.15, 0.2) is 0 Å². The van der Waals surface area contributed by atoms with Crippen LogP contribution in [0.25, 0.3) is 21.4 Å². The molecule has 1 aliphatic heterocycles. The topological polar surface area (TPSA) is 89.4 Å². The third-order valence-corrected chi connectivity index (χ3v) is 7.80. The molecular formula is C26H22FN3O3S. The molecule has 1 aliphatic carbocycles. The Bertz CT molecular complexity index is 1460. The number of primary amides is 1. The summed E-state index contributed by atoms with van der Waals surface area (Å²) in [4.78, 5) is 32.8. The molecule has 2 aromatic heterocycles.